The number of aryl methyl sites for hydroxylation is 1. The quantitative estimate of drug-likeness (QED) is 0.621. The fraction of sp³-hybridized carbons (Fsp3) is 0.538. The Labute approximate surface area is 129 Å². The van der Waals surface area contributed by atoms with Gasteiger partial charge in [0.1, 0.15) is 24.6 Å². The van der Waals surface area contributed by atoms with Crippen molar-refractivity contribution in [3.05, 3.63) is 27.9 Å². The van der Waals surface area contributed by atoms with Crippen LogP contribution < -0.4 is 4.90 Å². The van der Waals surface area contributed by atoms with Crippen LogP contribution in [0.2, 0.25) is 0 Å². The lowest BCUT2D eigenvalue weighted by atomic mass is 10.2. The van der Waals surface area contributed by atoms with Gasteiger partial charge in [0.15, 0.2) is 0 Å². The predicted octanol–water partition coefficient (Wildman–Crippen LogP) is 1.90. The van der Waals surface area contributed by atoms with Gasteiger partial charge in [-0.2, -0.15) is 13.2 Å². The number of carbonyl (C=O) groups excluding carboxylic acids is 1. The number of halogens is 3. The molecule has 1 aromatic rings. The van der Waals surface area contributed by atoms with Gasteiger partial charge >= 0.3 is 6.18 Å². The lowest BCUT2D eigenvalue weighted by molar-refractivity contribution is -0.385. The summed E-state index contributed by atoms with van der Waals surface area (Å²) in [5, 5.41) is 10.8. The van der Waals surface area contributed by atoms with Crippen molar-refractivity contribution >= 4 is 17.4 Å². The van der Waals surface area contributed by atoms with Crippen molar-refractivity contribution in [1.29, 1.82) is 0 Å². The molecule has 10 heteroatoms. The minimum absolute atomic E-state index is 0.0132. The molecular weight excluding hydrogens is 317 g/mol. The number of carbonyl (C=O) groups is 1. The van der Waals surface area contributed by atoms with Gasteiger partial charge in [0, 0.05) is 19.2 Å². The Kier molecular flexibility index (Phi) is 4.44. The minimum Gasteiger partial charge on any atom is -0.348 e. The first-order valence-electron chi connectivity index (χ1n) is 6.79. The molecule has 2 rings (SSSR count). The number of nitrogens with zero attached hydrogens (tertiary/aromatic N) is 4. The number of nitro groups is 1. The molecular formula is C13H15F3N4O3. The van der Waals surface area contributed by atoms with E-state index in [9.17, 15) is 28.1 Å². The van der Waals surface area contributed by atoms with Crippen LogP contribution in [-0.2, 0) is 4.79 Å². The van der Waals surface area contributed by atoms with Crippen molar-refractivity contribution in [1.82, 2.24) is 9.88 Å². The van der Waals surface area contributed by atoms with Crippen molar-refractivity contribution in [2.75, 3.05) is 25.0 Å². The maximum absolute atomic E-state index is 12.4. The fourth-order valence-corrected chi connectivity index (χ4v) is 2.53. The largest absolute Gasteiger partial charge is 0.406 e. The molecule has 0 aromatic carbocycles. The zero-order valence-corrected chi connectivity index (χ0v) is 12.5. The number of amides is 1. The maximum atomic E-state index is 12.4. The van der Waals surface area contributed by atoms with Gasteiger partial charge in [-0.25, -0.2) is 4.98 Å². The molecule has 0 aliphatic carbocycles. The Hall–Kier alpha value is -2.39. The van der Waals surface area contributed by atoms with Crippen LogP contribution in [0.25, 0.3) is 0 Å². The highest BCUT2D eigenvalue weighted by atomic mass is 19.4. The Balaban J connectivity index is 2.15. The summed E-state index contributed by atoms with van der Waals surface area (Å²) in [6.45, 7) is 0.270. The first kappa shape index (κ1) is 17.0. The van der Waals surface area contributed by atoms with E-state index in [0.717, 1.165) is 11.1 Å². The van der Waals surface area contributed by atoms with E-state index in [0.29, 0.717) is 11.4 Å². The molecule has 1 atom stereocenters. The van der Waals surface area contributed by atoms with E-state index >= 15 is 0 Å². The summed E-state index contributed by atoms with van der Waals surface area (Å²) < 4.78 is 37.3. The van der Waals surface area contributed by atoms with E-state index in [2.05, 4.69) is 4.98 Å². The van der Waals surface area contributed by atoms with E-state index < -0.39 is 29.6 Å². The number of hydrogen-bond donors (Lipinski definition) is 0. The molecule has 126 valence electrons. The third-order valence-corrected chi connectivity index (χ3v) is 3.73. The zero-order chi connectivity index (χ0) is 17.4. The summed E-state index contributed by atoms with van der Waals surface area (Å²) >= 11 is 0. The summed E-state index contributed by atoms with van der Waals surface area (Å²) in [4.78, 5) is 28.5. The van der Waals surface area contributed by atoms with E-state index in [4.69, 9.17) is 0 Å². The number of anilines is 1. The second kappa shape index (κ2) is 6.01. The molecule has 7 nitrogen and oxygen atoms in total. The van der Waals surface area contributed by atoms with Crippen molar-refractivity contribution in [3.8, 4) is 0 Å². The fourth-order valence-electron chi connectivity index (χ4n) is 2.53. The summed E-state index contributed by atoms with van der Waals surface area (Å²) in [6, 6.07) is 0.684. The Bertz CT molecular complexity index is 635. The molecule has 0 bridgehead atoms. The highest BCUT2D eigenvalue weighted by Gasteiger charge is 2.41. The number of hydrogen-bond acceptors (Lipinski definition) is 5. The Morgan fingerprint density at radius 2 is 2.17 bits per heavy atom. The van der Waals surface area contributed by atoms with E-state index in [1.54, 1.807) is 0 Å². The number of likely N-dealkylation sites (tertiary alicyclic amines) is 1. The second-order valence-corrected chi connectivity index (χ2v) is 5.38. The number of alkyl halides is 3. The van der Waals surface area contributed by atoms with Gasteiger partial charge in [-0.1, -0.05) is 0 Å². The first-order valence-corrected chi connectivity index (χ1v) is 6.79. The van der Waals surface area contributed by atoms with Gasteiger partial charge in [0.05, 0.1) is 4.92 Å². The lowest BCUT2D eigenvalue weighted by Crippen LogP contribution is -2.42. The number of pyridine rings is 1. The molecule has 23 heavy (non-hydrogen) atoms. The molecule has 1 unspecified atom stereocenters. The number of aromatic nitrogens is 1. The molecule has 1 saturated heterocycles. The molecule has 0 saturated carbocycles. The predicted molar refractivity (Wildman–Crippen MR) is 75.1 cm³/mol. The summed E-state index contributed by atoms with van der Waals surface area (Å²) in [5.41, 5.74) is 0.211. The minimum atomic E-state index is -4.44. The topological polar surface area (TPSA) is 79.6 Å². The van der Waals surface area contributed by atoms with Crippen LogP contribution in [0.4, 0.5) is 24.7 Å². The van der Waals surface area contributed by atoms with Crippen LogP contribution in [0.5, 0.6) is 0 Å². The van der Waals surface area contributed by atoms with Crippen LogP contribution in [0, 0.1) is 17.0 Å². The van der Waals surface area contributed by atoms with Crippen LogP contribution in [0.1, 0.15) is 12.0 Å². The molecule has 2 heterocycles. The van der Waals surface area contributed by atoms with Gasteiger partial charge in [-0.15, -0.1) is 0 Å². The molecule has 0 spiro atoms. The molecule has 1 aromatic heterocycles. The molecule has 0 radical (unpaired) electrons. The normalized spacial score (nSPS) is 18.4. The van der Waals surface area contributed by atoms with Crippen LogP contribution in [0.3, 0.4) is 0 Å². The van der Waals surface area contributed by atoms with Crippen molar-refractivity contribution in [2.24, 2.45) is 0 Å². The molecule has 1 fully saturated rings. The summed E-state index contributed by atoms with van der Waals surface area (Å²) in [7, 11) is 1.53. The Morgan fingerprint density at radius 3 is 2.70 bits per heavy atom. The average molecular weight is 332 g/mol. The summed E-state index contributed by atoms with van der Waals surface area (Å²) in [6.07, 6.45) is -3.12. The smallest absolute Gasteiger partial charge is 0.348 e. The number of rotatable bonds is 4. The first-order chi connectivity index (χ1) is 10.6. The van der Waals surface area contributed by atoms with Gasteiger partial charge in [0.2, 0.25) is 5.91 Å². The standard InChI is InChI=1S/C13H15F3N4O3/c1-8-5-11(17-6-10(8)20(22)23)18(2)9-3-4-19(12(9)21)7-13(14,15)16/h5-6,9H,3-4,7H2,1-2H3. The molecule has 0 N–H and O–H groups in total. The third-order valence-electron chi connectivity index (χ3n) is 3.73. The summed E-state index contributed by atoms with van der Waals surface area (Å²) in [5.74, 6) is -0.317. The van der Waals surface area contributed by atoms with Crippen LogP contribution in [-0.4, -0.2) is 53.1 Å². The maximum Gasteiger partial charge on any atom is 0.406 e. The van der Waals surface area contributed by atoms with Gasteiger partial charge < -0.3 is 9.80 Å². The highest BCUT2D eigenvalue weighted by Crippen LogP contribution is 2.27. The van der Waals surface area contributed by atoms with Crippen molar-refractivity contribution in [3.63, 3.8) is 0 Å². The van der Waals surface area contributed by atoms with Crippen LogP contribution in [0.15, 0.2) is 12.3 Å². The average Bonchev–Trinajstić information content (AvgIpc) is 2.77. The lowest BCUT2D eigenvalue weighted by Gasteiger charge is -2.25. The van der Waals surface area contributed by atoms with Crippen molar-refractivity contribution in [2.45, 2.75) is 25.6 Å². The van der Waals surface area contributed by atoms with Crippen LogP contribution >= 0.6 is 0 Å². The molecule has 1 aliphatic rings. The SMILES string of the molecule is Cc1cc(N(C)C2CCN(CC(F)(F)F)C2=O)ncc1[N+](=O)[O-]. The van der Waals surface area contributed by atoms with E-state index in [1.165, 1.54) is 24.9 Å². The second-order valence-electron chi connectivity index (χ2n) is 5.38. The highest BCUT2D eigenvalue weighted by molar-refractivity contribution is 5.87. The van der Waals surface area contributed by atoms with E-state index in [-0.39, 0.29) is 18.7 Å². The third kappa shape index (κ3) is 3.69. The number of likely N-dealkylation sites (N-methyl/N-ethyl adjacent to an activating group) is 1. The van der Waals surface area contributed by atoms with Gasteiger partial charge in [-0.3, -0.25) is 14.9 Å². The zero-order valence-electron chi connectivity index (χ0n) is 12.5. The van der Waals surface area contributed by atoms with Gasteiger partial charge in [0.25, 0.3) is 5.69 Å². The Morgan fingerprint density at radius 1 is 1.52 bits per heavy atom. The van der Waals surface area contributed by atoms with E-state index in [1.807, 2.05) is 0 Å². The van der Waals surface area contributed by atoms with Gasteiger partial charge in [-0.05, 0) is 19.4 Å². The van der Waals surface area contributed by atoms with Crippen molar-refractivity contribution < 1.29 is 22.9 Å². The molecule has 1 aliphatic heterocycles. The monoisotopic (exact) mass is 332 g/mol. The molecule has 1 amide bonds.